The Morgan fingerprint density at radius 3 is 2.67 bits per heavy atom. The fourth-order valence-corrected chi connectivity index (χ4v) is 1.57. The van der Waals surface area contributed by atoms with Gasteiger partial charge in [0.15, 0.2) is 0 Å². The van der Waals surface area contributed by atoms with Crippen LogP contribution in [0.25, 0.3) is 0 Å². The fraction of sp³-hybridized carbons (Fsp3) is 0.333. The molecule has 6 heteroatoms. The van der Waals surface area contributed by atoms with Gasteiger partial charge in [-0.3, -0.25) is 5.41 Å². The molecule has 1 aromatic carbocycles. The number of hydrogen-bond acceptors (Lipinski definition) is 5. The SMILES string of the molecule is CCOC(=O)C(=N)/C=C(\NCc1ccccc1F)N(C)C. The van der Waals surface area contributed by atoms with Crippen molar-refractivity contribution in [2.45, 2.75) is 13.5 Å². The molecule has 0 saturated carbocycles. The van der Waals surface area contributed by atoms with E-state index in [1.54, 1.807) is 44.1 Å². The smallest absolute Gasteiger partial charge is 0.356 e. The Labute approximate surface area is 123 Å². The Morgan fingerprint density at radius 2 is 2.10 bits per heavy atom. The molecule has 21 heavy (non-hydrogen) atoms. The molecule has 0 amide bonds. The number of hydrogen-bond donors (Lipinski definition) is 2. The Morgan fingerprint density at radius 1 is 1.43 bits per heavy atom. The van der Waals surface area contributed by atoms with Crippen molar-refractivity contribution < 1.29 is 13.9 Å². The topological polar surface area (TPSA) is 65.4 Å². The van der Waals surface area contributed by atoms with Gasteiger partial charge in [-0.05, 0) is 13.0 Å². The molecule has 1 aromatic rings. The predicted molar refractivity (Wildman–Crippen MR) is 79.4 cm³/mol. The van der Waals surface area contributed by atoms with E-state index in [1.807, 2.05) is 0 Å². The van der Waals surface area contributed by atoms with Crippen molar-refractivity contribution in [2.75, 3.05) is 20.7 Å². The maximum absolute atomic E-state index is 13.5. The minimum atomic E-state index is -0.690. The molecule has 0 bridgehead atoms. The van der Waals surface area contributed by atoms with E-state index in [0.29, 0.717) is 11.4 Å². The third kappa shape index (κ3) is 5.25. The first-order chi connectivity index (χ1) is 9.95. The predicted octanol–water partition coefficient (Wildman–Crippen LogP) is 1.90. The third-order valence-corrected chi connectivity index (χ3v) is 2.68. The molecule has 114 valence electrons. The summed E-state index contributed by atoms with van der Waals surface area (Å²) in [7, 11) is 3.53. The van der Waals surface area contributed by atoms with Crippen LogP contribution in [0.2, 0.25) is 0 Å². The van der Waals surface area contributed by atoms with Crippen molar-refractivity contribution in [3.63, 3.8) is 0 Å². The van der Waals surface area contributed by atoms with Crippen LogP contribution < -0.4 is 5.32 Å². The summed E-state index contributed by atoms with van der Waals surface area (Å²) in [6.07, 6.45) is 1.36. The summed E-state index contributed by atoms with van der Waals surface area (Å²) in [6.45, 7) is 2.15. The van der Waals surface area contributed by atoms with Gasteiger partial charge in [-0.25, -0.2) is 9.18 Å². The minimum Gasteiger partial charge on any atom is -0.461 e. The molecule has 0 aliphatic heterocycles. The molecule has 0 unspecified atom stereocenters. The first-order valence-corrected chi connectivity index (χ1v) is 6.57. The number of ether oxygens (including phenoxy) is 1. The zero-order valence-corrected chi connectivity index (χ0v) is 12.4. The summed E-state index contributed by atoms with van der Waals surface area (Å²) in [5, 5.41) is 10.7. The van der Waals surface area contributed by atoms with E-state index in [9.17, 15) is 9.18 Å². The van der Waals surface area contributed by atoms with Crippen molar-refractivity contribution in [3.05, 3.63) is 47.5 Å². The number of benzene rings is 1. The quantitative estimate of drug-likeness (QED) is 0.595. The van der Waals surface area contributed by atoms with Gasteiger partial charge >= 0.3 is 5.97 Å². The molecule has 0 atom stereocenters. The van der Waals surface area contributed by atoms with Crippen LogP contribution in [0.1, 0.15) is 12.5 Å². The molecule has 0 fully saturated rings. The van der Waals surface area contributed by atoms with Crippen molar-refractivity contribution in [3.8, 4) is 0 Å². The van der Waals surface area contributed by atoms with Crippen LogP contribution >= 0.6 is 0 Å². The molecule has 0 saturated heterocycles. The highest BCUT2D eigenvalue weighted by molar-refractivity contribution is 6.39. The van der Waals surface area contributed by atoms with Crippen LogP contribution in [0.15, 0.2) is 36.2 Å². The van der Waals surface area contributed by atoms with Crippen LogP contribution in [0, 0.1) is 11.2 Å². The van der Waals surface area contributed by atoms with E-state index in [4.69, 9.17) is 10.1 Å². The van der Waals surface area contributed by atoms with Gasteiger partial charge < -0.3 is 15.0 Å². The first-order valence-electron chi connectivity index (χ1n) is 6.57. The van der Waals surface area contributed by atoms with Crippen LogP contribution in [0.3, 0.4) is 0 Å². The molecular formula is C15H20FN3O2. The lowest BCUT2D eigenvalue weighted by molar-refractivity contribution is -0.135. The van der Waals surface area contributed by atoms with Crippen LogP contribution in [0.4, 0.5) is 4.39 Å². The van der Waals surface area contributed by atoms with Gasteiger partial charge in [0.05, 0.1) is 6.61 Å². The van der Waals surface area contributed by atoms with Gasteiger partial charge in [-0.15, -0.1) is 0 Å². The second-order valence-electron chi connectivity index (χ2n) is 4.50. The number of rotatable bonds is 7. The Hall–Kier alpha value is -2.37. The molecule has 0 spiro atoms. The van der Waals surface area contributed by atoms with Crippen LogP contribution in [-0.4, -0.2) is 37.3 Å². The van der Waals surface area contributed by atoms with E-state index in [-0.39, 0.29) is 24.7 Å². The number of carbonyl (C=O) groups excluding carboxylic acids is 1. The van der Waals surface area contributed by atoms with E-state index < -0.39 is 5.97 Å². The fourth-order valence-electron chi connectivity index (χ4n) is 1.57. The standard InChI is InChI=1S/C15H20FN3O2/c1-4-21-15(20)13(17)9-14(19(2)3)18-10-11-7-5-6-8-12(11)16/h5-9,17-18H,4,10H2,1-3H3/b14-9+,17-13?. The molecule has 5 nitrogen and oxygen atoms in total. The lowest BCUT2D eigenvalue weighted by Gasteiger charge is -2.19. The number of nitrogens with one attached hydrogen (secondary N) is 2. The van der Waals surface area contributed by atoms with Crippen LogP contribution in [-0.2, 0) is 16.1 Å². The molecule has 0 aromatic heterocycles. The zero-order valence-electron chi connectivity index (χ0n) is 12.4. The lowest BCUT2D eigenvalue weighted by atomic mass is 10.2. The third-order valence-electron chi connectivity index (χ3n) is 2.68. The maximum Gasteiger partial charge on any atom is 0.356 e. The molecule has 2 N–H and O–H groups in total. The monoisotopic (exact) mass is 293 g/mol. The first kappa shape index (κ1) is 16.7. The van der Waals surface area contributed by atoms with Gasteiger partial charge in [0.25, 0.3) is 0 Å². The van der Waals surface area contributed by atoms with Gasteiger partial charge in [0.2, 0.25) is 0 Å². The van der Waals surface area contributed by atoms with E-state index in [0.717, 1.165) is 0 Å². The average molecular weight is 293 g/mol. The molecule has 0 aliphatic carbocycles. The second-order valence-corrected chi connectivity index (χ2v) is 4.50. The summed E-state index contributed by atoms with van der Waals surface area (Å²) in [6, 6.07) is 6.43. The number of halogens is 1. The van der Waals surface area contributed by atoms with E-state index in [2.05, 4.69) is 5.32 Å². The Kier molecular flexibility index (Phi) is 6.39. The second kappa shape index (κ2) is 8.04. The molecule has 1 rings (SSSR count). The molecule has 0 aliphatic rings. The van der Waals surface area contributed by atoms with Crippen molar-refractivity contribution in [1.82, 2.24) is 10.2 Å². The summed E-state index contributed by atoms with van der Waals surface area (Å²) in [4.78, 5) is 13.1. The van der Waals surface area contributed by atoms with Crippen LogP contribution in [0.5, 0.6) is 0 Å². The highest BCUT2D eigenvalue weighted by Gasteiger charge is 2.10. The van der Waals surface area contributed by atoms with Gasteiger partial charge in [-0.1, -0.05) is 18.2 Å². The lowest BCUT2D eigenvalue weighted by Crippen LogP contribution is -2.28. The van der Waals surface area contributed by atoms with Gasteiger partial charge in [0.1, 0.15) is 17.3 Å². The minimum absolute atomic E-state index is 0.217. The maximum atomic E-state index is 13.5. The summed E-state index contributed by atoms with van der Waals surface area (Å²) >= 11 is 0. The summed E-state index contributed by atoms with van der Waals surface area (Å²) < 4.78 is 18.3. The largest absolute Gasteiger partial charge is 0.461 e. The highest BCUT2D eigenvalue weighted by atomic mass is 19.1. The summed E-state index contributed by atoms with van der Waals surface area (Å²) in [5.41, 5.74) is 0.245. The van der Waals surface area contributed by atoms with Gasteiger partial charge in [0, 0.05) is 32.3 Å². The van der Waals surface area contributed by atoms with Crippen molar-refractivity contribution in [1.29, 1.82) is 5.41 Å². The number of carbonyl (C=O) groups is 1. The number of esters is 1. The average Bonchev–Trinajstić information content (AvgIpc) is 2.44. The summed E-state index contributed by atoms with van der Waals surface area (Å²) in [5.74, 6) is -0.468. The number of nitrogens with zero attached hydrogens (tertiary/aromatic N) is 1. The molecule has 0 radical (unpaired) electrons. The van der Waals surface area contributed by atoms with Gasteiger partial charge in [-0.2, -0.15) is 0 Å². The highest BCUT2D eigenvalue weighted by Crippen LogP contribution is 2.07. The van der Waals surface area contributed by atoms with Crippen molar-refractivity contribution in [2.24, 2.45) is 0 Å². The van der Waals surface area contributed by atoms with Crippen molar-refractivity contribution >= 4 is 11.7 Å². The normalized spacial score (nSPS) is 11.0. The molecule has 0 heterocycles. The molecular weight excluding hydrogens is 273 g/mol. The zero-order chi connectivity index (χ0) is 15.8. The Balaban J connectivity index is 2.77. The Bertz CT molecular complexity index is 541. The van der Waals surface area contributed by atoms with E-state index >= 15 is 0 Å². The van der Waals surface area contributed by atoms with E-state index in [1.165, 1.54) is 12.1 Å².